The molecule has 1 unspecified atom stereocenters. The van der Waals surface area contributed by atoms with Crippen LogP contribution in [0.15, 0.2) is 0 Å². The molecule has 0 heterocycles. The summed E-state index contributed by atoms with van der Waals surface area (Å²) in [5.41, 5.74) is 0. The zero-order valence-corrected chi connectivity index (χ0v) is 7.96. The van der Waals surface area contributed by atoms with Gasteiger partial charge in [0.2, 0.25) is 0 Å². The van der Waals surface area contributed by atoms with Crippen LogP contribution in [0.3, 0.4) is 0 Å². The van der Waals surface area contributed by atoms with Crippen molar-refractivity contribution in [2.24, 2.45) is 0 Å². The molecule has 0 aromatic carbocycles. The zero-order valence-electron chi connectivity index (χ0n) is 3.42. The van der Waals surface area contributed by atoms with Crippen molar-refractivity contribution in [1.82, 2.24) is 0 Å². The molecule has 0 bridgehead atoms. The number of nitrogens with zero attached hydrogens (tertiary/aromatic N) is 1. The smallest absolute Gasteiger partial charge is 0.291 e. The molecule has 1 N–H and O–H groups in total. The fraction of sp³-hybridized carbons (Fsp3) is 0. The van der Waals surface area contributed by atoms with Crippen LogP contribution in [-0.4, -0.2) is 61.7 Å². The van der Waals surface area contributed by atoms with Crippen molar-refractivity contribution in [3.63, 3.8) is 0 Å². The maximum atomic E-state index is 8.36. The molecule has 1 radical (unpaired) electrons. The predicted molar refractivity (Wildman–Crippen MR) is 25.6 cm³/mol. The first-order valence-electron chi connectivity index (χ1n) is 0.565. The molecule has 0 saturated carbocycles. The Labute approximate surface area is 80.4 Å². The molecule has 6 heavy (non-hydrogen) atoms. The van der Waals surface area contributed by atoms with E-state index in [9.17, 15) is 0 Å². The largest absolute Gasteiger partial charge is 0.328 e. The minimum absolute atomic E-state index is 0. The third-order valence-corrected chi connectivity index (χ3v) is 0. The monoisotopic (exact) mass is 136 g/mol. The standard InChI is InChI=1S/K.HNO3.H3P/c;2-1(3)4;/h;(H,2,3,4);1H3. The zero-order chi connectivity index (χ0) is 3.58. The van der Waals surface area contributed by atoms with Crippen molar-refractivity contribution < 1.29 is 10.3 Å². The van der Waals surface area contributed by atoms with E-state index in [-0.39, 0.29) is 61.3 Å². The van der Waals surface area contributed by atoms with E-state index in [1.807, 2.05) is 0 Å². The van der Waals surface area contributed by atoms with Crippen LogP contribution in [0.4, 0.5) is 0 Å². The summed E-state index contributed by atoms with van der Waals surface area (Å²) in [5.74, 6) is 0. The minimum atomic E-state index is -1.50. The summed E-state index contributed by atoms with van der Waals surface area (Å²) < 4.78 is 0. The Morgan fingerprint density at radius 3 is 1.67 bits per heavy atom. The molecule has 4 nitrogen and oxygen atoms in total. The fourth-order valence-electron chi connectivity index (χ4n) is 0. The fourth-order valence-corrected chi connectivity index (χ4v) is 0. The van der Waals surface area contributed by atoms with Crippen molar-refractivity contribution in [1.29, 1.82) is 0 Å². The topological polar surface area (TPSA) is 63.4 Å². The first kappa shape index (κ1) is 15.7. The van der Waals surface area contributed by atoms with Gasteiger partial charge in [-0.25, -0.2) is 0 Å². The average molecular weight is 136 g/mol. The minimum Gasteiger partial charge on any atom is -0.328 e. The van der Waals surface area contributed by atoms with Gasteiger partial charge >= 0.3 is 0 Å². The summed E-state index contributed by atoms with van der Waals surface area (Å²) in [6.45, 7) is 0. The van der Waals surface area contributed by atoms with Gasteiger partial charge in [0.1, 0.15) is 0 Å². The van der Waals surface area contributed by atoms with Crippen molar-refractivity contribution in [3.05, 3.63) is 10.1 Å². The Kier molecular flexibility index (Phi) is 24.9. The molecular formula is H4KNO3P. The van der Waals surface area contributed by atoms with Crippen molar-refractivity contribution in [3.8, 4) is 0 Å². The summed E-state index contributed by atoms with van der Waals surface area (Å²) in [6.07, 6.45) is 0. The molecule has 0 aliphatic heterocycles. The second-order valence-electron chi connectivity index (χ2n) is 0.238. The molecule has 0 fully saturated rings. The molecule has 6 heteroatoms. The maximum Gasteiger partial charge on any atom is 0.291 e. The number of hydrogen-bond donors (Lipinski definition) is 1. The van der Waals surface area contributed by atoms with Gasteiger partial charge in [-0.2, -0.15) is 9.90 Å². The molecule has 0 amide bonds. The van der Waals surface area contributed by atoms with Crippen LogP contribution in [0.25, 0.3) is 0 Å². The van der Waals surface area contributed by atoms with Crippen molar-refractivity contribution in [2.45, 2.75) is 0 Å². The van der Waals surface area contributed by atoms with E-state index in [0.29, 0.717) is 0 Å². The SMILES string of the molecule is O=[N+]([O-])O.P.[K]. The summed E-state index contributed by atoms with van der Waals surface area (Å²) in [4.78, 5) is 8.36. The predicted octanol–water partition coefficient (Wildman–Crippen LogP) is -0.670. The molecular weight excluding hydrogens is 132 g/mol. The van der Waals surface area contributed by atoms with Gasteiger partial charge in [0.05, 0.1) is 0 Å². The van der Waals surface area contributed by atoms with Gasteiger partial charge in [-0.05, 0) is 0 Å². The van der Waals surface area contributed by atoms with E-state index in [1.165, 1.54) is 0 Å². The van der Waals surface area contributed by atoms with E-state index in [0.717, 1.165) is 0 Å². The van der Waals surface area contributed by atoms with Gasteiger partial charge in [-0.1, -0.05) is 0 Å². The third-order valence-electron chi connectivity index (χ3n) is 0. The van der Waals surface area contributed by atoms with E-state index < -0.39 is 5.09 Å². The molecule has 0 aromatic heterocycles. The molecule has 0 aromatic rings. The normalized spacial score (nSPS) is 4.00. The second-order valence-corrected chi connectivity index (χ2v) is 0.238. The van der Waals surface area contributed by atoms with Crippen LogP contribution in [0.2, 0.25) is 0 Å². The first-order chi connectivity index (χ1) is 1.73. The molecule has 0 aliphatic carbocycles. The Hall–Kier alpha value is 1.27. The van der Waals surface area contributed by atoms with E-state index in [2.05, 4.69) is 0 Å². The summed E-state index contributed by atoms with van der Waals surface area (Å²) in [5, 5.41) is 13.6. The summed E-state index contributed by atoms with van der Waals surface area (Å²) >= 11 is 0. The first-order valence-corrected chi connectivity index (χ1v) is 0.565. The molecule has 1 atom stereocenters. The van der Waals surface area contributed by atoms with E-state index in [4.69, 9.17) is 15.3 Å². The molecule has 0 spiro atoms. The summed E-state index contributed by atoms with van der Waals surface area (Å²) in [7, 11) is 0. The van der Waals surface area contributed by atoms with Gasteiger partial charge in [0.15, 0.2) is 0 Å². The molecule has 0 rings (SSSR count). The van der Waals surface area contributed by atoms with Gasteiger partial charge in [-0.3, -0.25) is 0 Å². The van der Waals surface area contributed by atoms with E-state index in [1.54, 1.807) is 0 Å². The van der Waals surface area contributed by atoms with Crippen LogP contribution in [0.5, 0.6) is 0 Å². The van der Waals surface area contributed by atoms with E-state index >= 15 is 0 Å². The van der Waals surface area contributed by atoms with Gasteiger partial charge < -0.3 is 5.21 Å². The third kappa shape index (κ3) is 59.8. The molecule has 33 valence electrons. The molecule has 0 aliphatic rings. The number of rotatable bonds is 0. The Bertz CT molecular complexity index is 33.8. The van der Waals surface area contributed by atoms with Crippen molar-refractivity contribution >= 4 is 61.3 Å². The Balaban J connectivity index is -0.0000000450. The van der Waals surface area contributed by atoms with Crippen LogP contribution < -0.4 is 0 Å². The second kappa shape index (κ2) is 9.55. The Morgan fingerprint density at radius 2 is 1.67 bits per heavy atom. The van der Waals surface area contributed by atoms with Crippen LogP contribution in [0, 0.1) is 10.1 Å². The van der Waals surface area contributed by atoms with Gasteiger partial charge in [0.25, 0.3) is 5.09 Å². The Morgan fingerprint density at radius 1 is 1.67 bits per heavy atom. The van der Waals surface area contributed by atoms with Crippen LogP contribution in [-0.2, 0) is 0 Å². The quantitative estimate of drug-likeness (QED) is 0.208. The maximum absolute atomic E-state index is 8.36. The van der Waals surface area contributed by atoms with Crippen LogP contribution >= 0.6 is 9.90 Å². The molecule has 0 saturated heterocycles. The van der Waals surface area contributed by atoms with Crippen molar-refractivity contribution in [2.75, 3.05) is 0 Å². The van der Waals surface area contributed by atoms with Gasteiger partial charge in [-0.15, -0.1) is 10.1 Å². The van der Waals surface area contributed by atoms with Crippen LogP contribution in [0.1, 0.15) is 0 Å². The number of hydrogen-bond acceptors (Lipinski definition) is 2. The summed E-state index contributed by atoms with van der Waals surface area (Å²) in [6, 6.07) is 0. The average Bonchev–Trinajstić information content (AvgIpc) is 0.811. The van der Waals surface area contributed by atoms with Gasteiger partial charge in [0, 0.05) is 51.4 Å².